The van der Waals surface area contributed by atoms with Crippen LogP contribution in [0.3, 0.4) is 0 Å². The Labute approximate surface area is 189 Å². The Morgan fingerprint density at radius 1 is 0.939 bits per heavy atom. The summed E-state index contributed by atoms with van der Waals surface area (Å²) >= 11 is 0. The minimum atomic E-state index is -0.584. The zero-order valence-corrected chi connectivity index (χ0v) is 18.2. The van der Waals surface area contributed by atoms with E-state index in [1.807, 2.05) is 25.1 Å². The molecule has 166 valence electrons. The van der Waals surface area contributed by atoms with Gasteiger partial charge in [0.05, 0.1) is 6.20 Å². The zero-order chi connectivity index (χ0) is 23.4. The largest absolute Gasteiger partial charge is 0.456 e. The molecule has 0 fully saturated rings. The van der Waals surface area contributed by atoms with Crippen LogP contribution in [-0.2, 0) is 7.05 Å². The monoisotopic (exact) mass is 443 g/mol. The van der Waals surface area contributed by atoms with Crippen LogP contribution in [0.1, 0.15) is 21.9 Å². The Bertz CT molecular complexity index is 1370. The van der Waals surface area contributed by atoms with E-state index in [-0.39, 0.29) is 11.4 Å². The second-order valence-corrected chi connectivity index (χ2v) is 7.18. The number of rotatable bonds is 6. The van der Waals surface area contributed by atoms with Gasteiger partial charge < -0.3 is 15.4 Å². The van der Waals surface area contributed by atoms with Crippen LogP contribution in [0.4, 0.5) is 17.5 Å². The summed E-state index contributed by atoms with van der Waals surface area (Å²) < 4.78 is 7.15. The number of pyridine rings is 3. The predicted molar refractivity (Wildman–Crippen MR) is 123 cm³/mol. The molecule has 4 aromatic rings. The molecule has 4 rings (SSSR count). The van der Waals surface area contributed by atoms with Crippen LogP contribution in [0.15, 0.2) is 65.8 Å². The van der Waals surface area contributed by atoms with Crippen molar-refractivity contribution in [1.82, 2.24) is 24.5 Å². The summed E-state index contributed by atoms with van der Waals surface area (Å²) in [5, 5.41) is 5.72. The molecular formula is C23H21N7O3. The molecule has 4 heterocycles. The topological polar surface area (TPSA) is 124 Å². The van der Waals surface area contributed by atoms with Crippen molar-refractivity contribution < 1.29 is 9.53 Å². The Kier molecular flexibility index (Phi) is 6.07. The highest BCUT2D eigenvalue weighted by atomic mass is 16.5. The summed E-state index contributed by atoms with van der Waals surface area (Å²) in [6, 6.07) is 12.4. The lowest BCUT2D eigenvalue weighted by atomic mass is 10.3. The summed E-state index contributed by atoms with van der Waals surface area (Å²) in [4.78, 5) is 41.6. The number of aromatic nitrogens is 5. The summed E-state index contributed by atoms with van der Waals surface area (Å²) in [6.45, 7) is 3.60. The molecule has 1 amide bonds. The van der Waals surface area contributed by atoms with Crippen molar-refractivity contribution in [2.75, 3.05) is 10.6 Å². The van der Waals surface area contributed by atoms with Crippen molar-refractivity contribution in [3.8, 4) is 11.5 Å². The second-order valence-electron chi connectivity index (χ2n) is 7.18. The molecule has 0 bridgehead atoms. The SMILES string of the molecule is Cc1cccc(Nc2cc(Oc3ccc(NC(=O)c4cnc(C)n(C)c4=O)nc3)ccn2)n1. The Balaban J connectivity index is 1.42. The highest BCUT2D eigenvalue weighted by Gasteiger charge is 2.14. The Morgan fingerprint density at radius 2 is 1.79 bits per heavy atom. The molecule has 0 radical (unpaired) electrons. The molecule has 0 spiro atoms. The van der Waals surface area contributed by atoms with Gasteiger partial charge in [-0.1, -0.05) is 6.07 Å². The zero-order valence-electron chi connectivity index (χ0n) is 18.2. The standard InChI is InChI=1S/C23H21N7O3/c1-14-5-4-6-20(27-14)28-21-11-16(9-10-24-21)33-17-7-8-19(26-12-17)29-22(31)18-13-25-15(2)30(3)23(18)32/h4-13H,1-3H3,(H,24,27,28)(H,26,29,31). The van der Waals surface area contributed by atoms with E-state index in [4.69, 9.17) is 4.74 Å². The van der Waals surface area contributed by atoms with E-state index < -0.39 is 11.5 Å². The molecule has 0 aliphatic rings. The average molecular weight is 443 g/mol. The number of carbonyl (C=O) groups is 1. The molecule has 0 aromatic carbocycles. The maximum Gasteiger partial charge on any atom is 0.266 e. The second kappa shape index (κ2) is 9.27. The van der Waals surface area contributed by atoms with Gasteiger partial charge in [0.1, 0.15) is 40.3 Å². The number of nitrogens with one attached hydrogen (secondary N) is 2. The molecule has 10 heteroatoms. The van der Waals surface area contributed by atoms with Crippen LogP contribution in [0.25, 0.3) is 0 Å². The predicted octanol–water partition coefficient (Wildman–Crippen LogP) is 3.37. The molecule has 33 heavy (non-hydrogen) atoms. The smallest absolute Gasteiger partial charge is 0.266 e. The van der Waals surface area contributed by atoms with Crippen molar-refractivity contribution in [1.29, 1.82) is 0 Å². The number of hydrogen-bond donors (Lipinski definition) is 2. The molecule has 10 nitrogen and oxygen atoms in total. The minimum absolute atomic E-state index is 0.0647. The number of carbonyl (C=O) groups excluding carboxylic acids is 1. The van der Waals surface area contributed by atoms with Gasteiger partial charge in [-0.2, -0.15) is 0 Å². The highest BCUT2D eigenvalue weighted by Crippen LogP contribution is 2.24. The third kappa shape index (κ3) is 5.18. The van der Waals surface area contributed by atoms with Gasteiger partial charge >= 0.3 is 0 Å². The summed E-state index contributed by atoms with van der Waals surface area (Å²) in [5.41, 5.74) is 0.401. The molecule has 0 aliphatic carbocycles. The van der Waals surface area contributed by atoms with Gasteiger partial charge in [-0.3, -0.25) is 14.2 Å². The van der Waals surface area contributed by atoms with E-state index in [1.54, 1.807) is 44.4 Å². The molecular weight excluding hydrogens is 422 g/mol. The first kappa shape index (κ1) is 21.6. The van der Waals surface area contributed by atoms with E-state index in [1.165, 1.54) is 17.0 Å². The first-order valence-electron chi connectivity index (χ1n) is 10.0. The third-order valence-corrected chi connectivity index (χ3v) is 4.74. The van der Waals surface area contributed by atoms with E-state index in [0.29, 0.717) is 29.0 Å². The normalized spacial score (nSPS) is 10.5. The molecule has 0 atom stereocenters. The van der Waals surface area contributed by atoms with E-state index in [9.17, 15) is 9.59 Å². The van der Waals surface area contributed by atoms with Crippen LogP contribution >= 0.6 is 0 Å². The number of ether oxygens (including phenoxy) is 1. The van der Waals surface area contributed by atoms with Crippen molar-refractivity contribution in [3.63, 3.8) is 0 Å². The van der Waals surface area contributed by atoms with Gasteiger partial charge in [-0.05, 0) is 44.2 Å². The van der Waals surface area contributed by atoms with Gasteiger partial charge in [0.15, 0.2) is 0 Å². The van der Waals surface area contributed by atoms with Crippen LogP contribution in [0.2, 0.25) is 0 Å². The van der Waals surface area contributed by atoms with Gasteiger partial charge in [0.2, 0.25) is 0 Å². The molecule has 4 aromatic heterocycles. The summed E-state index contributed by atoms with van der Waals surface area (Å²) in [6.07, 6.45) is 4.34. The van der Waals surface area contributed by atoms with Crippen molar-refractivity contribution in [3.05, 3.63) is 88.5 Å². The number of aryl methyl sites for hydroxylation is 2. The first-order valence-corrected chi connectivity index (χ1v) is 10.0. The molecule has 0 saturated heterocycles. The van der Waals surface area contributed by atoms with E-state index in [0.717, 1.165) is 5.69 Å². The molecule has 0 saturated carbocycles. The van der Waals surface area contributed by atoms with E-state index in [2.05, 4.69) is 30.6 Å². The molecule has 2 N–H and O–H groups in total. The van der Waals surface area contributed by atoms with Gasteiger partial charge in [-0.25, -0.2) is 19.9 Å². The summed E-state index contributed by atoms with van der Waals surface area (Å²) in [5.74, 6) is 2.48. The van der Waals surface area contributed by atoms with Gasteiger partial charge in [0.25, 0.3) is 11.5 Å². The lowest BCUT2D eigenvalue weighted by molar-refractivity contribution is 0.102. The quantitative estimate of drug-likeness (QED) is 0.465. The Morgan fingerprint density at radius 3 is 2.55 bits per heavy atom. The number of amides is 1. The van der Waals surface area contributed by atoms with Crippen LogP contribution in [0, 0.1) is 13.8 Å². The summed E-state index contributed by atoms with van der Waals surface area (Å²) in [7, 11) is 1.56. The van der Waals surface area contributed by atoms with Crippen LogP contribution < -0.4 is 20.9 Å². The lowest BCUT2D eigenvalue weighted by Gasteiger charge is -2.10. The molecule has 0 aliphatic heterocycles. The van der Waals surface area contributed by atoms with Crippen molar-refractivity contribution in [2.24, 2.45) is 7.05 Å². The Hall–Kier alpha value is -4.60. The number of hydrogen-bond acceptors (Lipinski definition) is 8. The highest BCUT2D eigenvalue weighted by molar-refractivity contribution is 6.03. The lowest BCUT2D eigenvalue weighted by Crippen LogP contribution is -2.29. The fraction of sp³-hybridized carbons (Fsp3) is 0.130. The van der Waals surface area contributed by atoms with E-state index >= 15 is 0 Å². The van der Waals surface area contributed by atoms with Gasteiger partial charge in [-0.15, -0.1) is 0 Å². The van der Waals surface area contributed by atoms with Gasteiger partial charge in [0, 0.05) is 31.2 Å². The third-order valence-electron chi connectivity index (χ3n) is 4.74. The maximum absolute atomic E-state index is 12.4. The van der Waals surface area contributed by atoms with Crippen molar-refractivity contribution in [2.45, 2.75) is 13.8 Å². The average Bonchev–Trinajstić information content (AvgIpc) is 2.79. The van der Waals surface area contributed by atoms with Crippen molar-refractivity contribution >= 4 is 23.4 Å². The fourth-order valence-corrected chi connectivity index (χ4v) is 2.90. The van der Waals surface area contributed by atoms with Crippen LogP contribution in [0.5, 0.6) is 11.5 Å². The number of nitrogens with zero attached hydrogens (tertiary/aromatic N) is 5. The first-order chi connectivity index (χ1) is 15.9. The number of anilines is 3. The molecule has 0 unspecified atom stereocenters. The maximum atomic E-state index is 12.4. The fourth-order valence-electron chi connectivity index (χ4n) is 2.90. The minimum Gasteiger partial charge on any atom is -0.456 e. The van der Waals surface area contributed by atoms with Crippen LogP contribution in [-0.4, -0.2) is 30.4 Å².